The molecule has 44 heavy (non-hydrogen) atoms. The molecule has 1 aliphatic heterocycles. The van der Waals surface area contributed by atoms with Crippen LogP contribution >= 0.6 is 11.6 Å². The number of aliphatic hydroxyl groups excluding tert-OH is 1. The first-order valence-corrected chi connectivity index (χ1v) is 14.7. The number of amides is 1. The molecule has 14 heteroatoms. The van der Waals surface area contributed by atoms with E-state index in [0.29, 0.717) is 60.0 Å². The van der Waals surface area contributed by atoms with E-state index < -0.39 is 24.0 Å². The predicted octanol–water partition coefficient (Wildman–Crippen LogP) is 4.13. The van der Waals surface area contributed by atoms with Crippen LogP contribution in [0, 0.1) is 0 Å². The number of methoxy groups -OCH3 is 1. The molecule has 2 atom stereocenters. The molecule has 0 saturated carbocycles. The number of nitrogens with two attached hydrogens (primary N) is 1. The first-order chi connectivity index (χ1) is 20.9. The van der Waals surface area contributed by atoms with Crippen molar-refractivity contribution in [1.29, 1.82) is 0 Å². The number of aromatic nitrogens is 4. The number of pyridine rings is 1. The van der Waals surface area contributed by atoms with Gasteiger partial charge in [0, 0.05) is 44.0 Å². The Morgan fingerprint density at radius 3 is 2.61 bits per heavy atom. The van der Waals surface area contributed by atoms with Gasteiger partial charge in [-0.25, -0.2) is 19.3 Å². The standard InChI is InChI=1S/C30H38ClN9O4/c1-18(35-29(42)44-30(2,3)4)27(41)39-12-10-38(11-13-39)24-15-25(43-5)22(14-21(24)32)36-28-33-17-20(31)26(37-28)19-16-34-40-9-7-6-8-23(19)40/h6-9,14-18,27,41H,10-13,32H2,1-5H3,(H,35,42)(H,33,36,37)/t18-,27-/m0/s1. The van der Waals surface area contributed by atoms with Crippen molar-refractivity contribution < 1.29 is 19.4 Å². The van der Waals surface area contributed by atoms with Gasteiger partial charge >= 0.3 is 6.09 Å². The normalized spacial score (nSPS) is 15.6. The molecule has 1 aliphatic rings. The zero-order chi connectivity index (χ0) is 31.6. The van der Waals surface area contributed by atoms with Gasteiger partial charge in [0.1, 0.15) is 17.6 Å². The first-order valence-electron chi connectivity index (χ1n) is 14.3. The molecule has 0 unspecified atom stereocenters. The molecule has 5 N–H and O–H groups in total. The van der Waals surface area contributed by atoms with E-state index in [0.717, 1.165) is 16.8 Å². The monoisotopic (exact) mass is 623 g/mol. The molecule has 5 rings (SSSR count). The number of ether oxygens (including phenoxy) is 2. The van der Waals surface area contributed by atoms with Crippen molar-refractivity contribution in [1.82, 2.24) is 29.8 Å². The molecule has 0 spiro atoms. The van der Waals surface area contributed by atoms with Crippen LogP contribution < -0.4 is 26.0 Å². The van der Waals surface area contributed by atoms with Crippen molar-refractivity contribution in [2.24, 2.45) is 0 Å². The summed E-state index contributed by atoms with van der Waals surface area (Å²) in [5, 5.41) is 21.6. The van der Waals surface area contributed by atoms with Crippen LogP contribution in [0.1, 0.15) is 27.7 Å². The van der Waals surface area contributed by atoms with E-state index in [4.69, 9.17) is 26.8 Å². The van der Waals surface area contributed by atoms with Crippen LogP contribution in [0.15, 0.2) is 48.9 Å². The maximum Gasteiger partial charge on any atom is 0.408 e. The van der Waals surface area contributed by atoms with E-state index in [1.54, 1.807) is 57.8 Å². The lowest BCUT2D eigenvalue weighted by Crippen LogP contribution is -2.57. The highest BCUT2D eigenvalue weighted by Gasteiger charge is 2.29. The molecule has 0 aliphatic carbocycles. The number of fused-ring (bicyclic) bond motifs is 1. The summed E-state index contributed by atoms with van der Waals surface area (Å²) >= 11 is 6.49. The van der Waals surface area contributed by atoms with Crippen molar-refractivity contribution >= 4 is 46.2 Å². The Morgan fingerprint density at radius 1 is 1.16 bits per heavy atom. The number of anilines is 4. The Kier molecular flexibility index (Phi) is 9.00. The number of carbonyl (C=O) groups is 1. The van der Waals surface area contributed by atoms with Gasteiger partial charge in [-0.15, -0.1) is 0 Å². The zero-order valence-electron chi connectivity index (χ0n) is 25.4. The number of hydrogen-bond donors (Lipinski definition) is 4. The summed E-state index contributed by atoms with van der Waals surface area (Å²) in [4.78, 5) is 25.2. The maximum atomic E-state index is 12.1. The van der Waals surface area contributed by atoms with E-state index in [2.05, 4.69) is 30.6 Å². The van der Waals surface area contributed by atoms with E-state index in [1.165, 1.54) is 0 Å². The van der Waals surface area contributed by atoms with Crippen molar-refractivity contribution in [2.75, 3.05) is 49.2 Å². The fraction of sp³-hybridized carbons (Fsp3) is 0.400. The lowest BCUT2D eigenvalue weighted by atomic mass is 10.1. The van der Waals surface area contributed by atoms with Gasteiger partial charge in [0.25, 0.3) is 0 Å². The van der Waals surface area contributed by atoms with Gasteiger partial charge in [-0.3, -0.25) is 4.90 Å². The van der Waals surface area contributed by atoms with E-state index in [1.807, 2.05) is 35.4 Å². The SMILES string of the molecule is COc1cc(N2CCN([C@@H](O)[C@H](C)NC(=O)OC(C)(C)C)CC2)c(N)cc1Nc1ncc(Cl)c(-c2cnn3ccccc23)n1. The molecule has 1 saturated heterocycles. The van der Waals surface area contributed by atoms with Crippen molar-refractivity contribution in [3.05, 3.63) is 53.9 Å². The van der Waals surface area contributed by atoms with Crippen molar-refractivity contribution in [3.63, 3.8) is 0 Å². The summed E-state index contributed by atoms with van der Waals surface area (Å²) in [6.45, 7) is 9.48. The second-order valence-corrected chi connectivity index (χ2v) is 12.0. The Bertz CT molecular complexity index is 1630. The molecular weight excluding hydrogens is 586 g/mol. The summed E-state index contributed by atoms with van der Waals surface area (Å²) in [5.41, 5.74) is 10.1. The molecule has 4 aromatic rings. The Hall–Kier alpha value is -4.33. The number of carbonyl (C=O) groups excluding carboxylic acids is 1. The average molecular weight is 624 g/mol. The fourth-order valence-corrected chi connectivity index (χ4v) is 5.28. The molecule has 1 amide bonds. The quantitative estimate of drug-likeness (QED) is 0.209. The number of hydrogen-bond acceptors (Lipinski definition) is 11. The Morgan fingerprint density at radius 2 is 1.91 bits per heavy atom. The summed E-state index contributed by atoms with van der Waals surface area (Å²) in [5.74, 6) is 0.879. The number of aliphatic hydroxyl groups is 1. The Labute approximate surface area is 260 Å². The summed E-state index contributed by atoms with van der Waals surface area (Å²) in [7, 11) is 1.58. The molecule has 13 nitrogen and oxygen atoms in total. The number of rotatable bonds is 8. The van der Waals surface area contributed by atoms with Crippen LogP contribution in [0.4, 0.5) is 27.8 Å². The molecule has 4 heterocycles. The lowest BCUT2D eigenvalue weighted by Gasteiger charge is -2.40. The second-order valence-electron chi connectivity index (χ2n) is 11.6. The Balaban J connectivity index is 1.27. The highest BCUT2D eigenvalue weighted by molar-refractivity contribution is 6.33. The topological polar surface area (TPSA) is 155 Å². The minimum Gasteiger partial charge on any atom is -0.494 e. The highest BCUT2D eigenvalue weighted by Crippen LogP contribution is 2.38. The van der Waals surface area contributed by atoms with E-state index >= 15 is 0 Å². The van der Waals surface area contributed by atoms with Crippen molar-refractivity contribution in [2.45, 2.75) is 45.6 Å². The van der Waals surface area contributed by atoms with Crippen LogP contribution in [0.5, 0.6) is 5.75 Å². The molecule has 0 radical (unpaired) electrons. The van der Waals surface area contributed by atoms with Crippen LogP contribution in [-0.4, -0.2) is 86.8 Å². The second kappa shape index (κ2) is 12.7. The number of nitrogen functional groups attached to an aromatic ring is 1. The zero-order valence-corrected chi connectivity index (χ0v) is 26.2. The maximum absolute atomic E-state index is 12.1. The van der Waals surface area contributed by atoms with Crippen LogP contribution in [0.2, 0.25) is 5.02 Å². The van der Waals surface area contributed by atoms with Gasteiger partial charge in [0.05, 0.1) is 58.8 Å². The lowest BCUT2D eigenvalue weighted by molar-refractivity contribution is -0.0263. The van der Waals surface area contributed by atoms with Gasteiger partial charge < -0.3 is 35.8 Å². The third-order valence-electron chi connectivity index (χ3n) is 7.24. The largest absolute Gasteiger partial charge is 0.494 e. The molecule has 1 aromatic carbocycles. The summed E-state index contributed by atoms with van der Waals surface area (Å²) < 4.78 is 12.8. The number of alkyl carbamates (subject to hydrolysis) is 1. The van der Waals surface area contributed by atoms with Crippen molar-refractivity contribution in [3.8, 4) is 17.0 Å². The fourth-order valence-electron chi connectivity index (χ4n) is 5.09. The summed E-state index contributed by atoms with van der Waals surface area (Å²) in [6.07, 6.45) is 3.69. The number of nitrogens with zero attached hydrogens (tertiary/aromatic N) is 6. The average Bonchev–Trinajstić information content (AvgIpc) is 3.41. The highest BCUT2D eigenvalue weighted by atomic mass is 35.5. The molecule has 0 bridgehead atoms. The van der Waals surface area contributed by atoms with Gasteiger partial charge in [-0.1, -0.05) is 17.7 Å². The molecule has 1 fully saturated rings. The van der Waals surface area contributed by atoms with Gasteiger partial charge in [-0.2, -0.15) is 5.10 Å². The van der Waals surface area contributed by atoms with Gasteiger partial charge in [-0.05, 0) is 45.9 Å². The van der Waals surface area contributed by atoms with Crippen LogP contribution in [0.25, 0.3) is 16.8 Å². The smallest absolute Gasteiger partial charge is 0.408 e. The molecular formula is C30H38ClN9O4. The third kappa shape index (κ3) is 6.90. The number of halogens is 1. The number of piperazine rings is 1. The van der Waals surface area contributed by atoms with Gasteiger partial charge in [0.2, 0.25) is 5.95 Å². The minimum absolute atomic E-state index is 0.321. The van der Waals surface area contributed by atoms with E-state index in [9.17, 15) is 9.90 Å². The number of nitrogens with one attached hydrogen (secondary N) is 2. The number of benzene rings is 1. The predicted molar refractivity (Wildman–Crippen MR) is 171 cm³/mol. The minimum atomic E-state index is -0.867. The molecule has 234 valence electrons. The van der Waals surface area contributed by atoms with E-state index in [-0.39, 0.29) is 0 Å². The van der Waals surface area contributed by atoms with Crippen LogP contribution in [0.3, 0.4) is 0 Å². The summed E-state index contributed by atoms with van der Waals surface area (Å²) in [6, 6.07) is 8.91. The van der Waals surface area contributed by atoms with Gasteiger partial charge in [0.15, 0.2) is 0 Å². The molecule has 3 aromatic heterocycles. The van der Waals surface area contributed by atoms with Crippen LogP contribution in [-0.2, 0) is 4.74 Å². The third-order valence-corrected chi connectivity index (χ3v) is 7.52. The first kappa shape index (κ1) is 31.1.